The molecule has 1 aliphatic heterocycles. The van der Waals surface area contributed by atoms with Crippen LogP contribution in [0.25, 0.3) is 21.9 Å². The average molecular weight is 471 g/mol. The summed E-state index contributed by atoms with van der Waals surface area (Å²) >= 11 is 0. The number of pyridine rings is 2. The number of ether oxygens (including phenoxy) is 1. The quantitative estimate of drug-likeness (QED) is 0.431. The van der Waals surface area contributed by atoms with Crippen molar-refractivity contribution >= 4 is 22.5 Å². The van der Waals surface area contributed by atoms with E-state index in [1.807, 2.05) is 37.6 Å². The summed E-state index contributed by atoms with van der Waals surface area (Å²) in [5.41, 5.74) is 2.59. The molecule has 8 nitrogen and oxygen atoms in total. The molecule has 0 bridgehead atoms. The Kier molecular flexibility index (Phi) is 6.72. The third kappa shape index (κ3) is 5.66. The number of piperidine rings is 1. The minimum Gasteiger partial charge on any atom is -0.478 e. The number of rotatable bonds is 7. The smallest absolute Gasteiger partial charge is 0.257 e. The number of nitrogens with zero attached hydrogens (tertiary/aromatic N) is 5. The summed E-state index contributed by atoms with van der Waals surface area (Å²) in [5.74, 6) is 1.41. The molecule has 1 aliphatic rings. The molecular weight excluding hydrogens is 440 g/mol. The van der Waals surface area contributed by atoms with Crippen LogP contribution in [-0.4, -0.2) is 57.3 Å². The van der Waals surface area contributed by atoms with Crippen LogP contribution in [0.15, 0.2) is 61.2 Å². The number of amides is 1. The zero-order valence-corrected chi connectivity index (χ0v) is 20.1. The molecule has 3 aromatic heterocycles. The molecule has 0 radical (unpaired) electrons. The maximum absolute atomic E-state index is 12.9. The second kappa shape index (κ2) is 10.2. The molecule has 180 valence electrons. The van der Waals surface area contributed by atoms with Crippen molar-refractivity contribution in [1.82, 2.24) is 24.6 Å². The number of aryl methyl sites for hydroxylation is 1. The number of fused-ring (bicyclic) bond motifs is 1. The molecule has 4 heterocycles. The van der Waals surface area contributed by atoms with Gasteiger partial charge in [-0.3, -0.25) is 9.48 Å². The van der Waals surface area contributed by atoms with E-state index >= 15 is 0 Å². The summed E-state index contributed by atoms with van der Waals surface area (Å²) in [5, 5.41) is 9.13. The molecule has 1 saturated heterocycles. The third-order valence-electron chi connectivity index (χ3n) is 6.61. The van der Waals surface area contributed by atoms with Gasteiger partial charge >= 0.3 is 0 Å². The number of aromatic nitrogens is 4. The lowest BCUT2D eigenvalue weighted by molar-refractivity contribution is 0.102. The highest BCUT2D eigenvalue weighted by molar-refractivity contribution is 6.04. The van der Waals surface area contributed by atoms with Crippen molar-refractivity contribution in [2.75, 3.05) is 32.1 Å². The molecule has 5 rings (SSSR count). The molecule has 0 spiro atoms. The Labute approximate surface area is 205 Å². The van der Waals surface area contributed by atoms with Gasteiger partial charge in [0, 0.05) is 48.2 Å². The van der Waals surface area contributed by atoms with Gasteiger partial charge in [-0.1, -0.05) is 12.1 Å². The first-order valence-corrected chi connectivity index (χ1v) is 12.0. The minimum absolute atomic E-state index is 0.247. The fraction of sp³-hybridized carbons (Fsp3) is 0.333. The van der Waals surface area contributed by atoms with Crippen LogP contribution in [0.2, 0.25) is 0 Å². The molecule has 0 saturated carbocycles. The second-order valence-corrected chi connectivity index (χ2v) is 9.25. The number of hydrogen-bond acceptors (Lipinski definition) is 6. The van der Waals surface area contributed by atoms with Gasteiger partial charge in [0.2, 0.25) is 5.88 Å². The van der Waals surface area contributed by atoms with E-state index in [0.717, 1.165) is 41.4 Å². The van der Waals surface area contributed by atoms with Gasteiger partial charge in [-0.25, -0.2) is 9.97 Å². The van der Waals surface area contributed by atoms with Gasteiger partial charge in [0.05, 0.1) is 12.8 Å². The molecule has 35 heavy (non-hydrogen) atoms. The molecule has 0 unspecified atom stereocenters. The maximum Gasteiger partial charge on any atom is 0.257 e. The zero-order chi connectivity index (χ0) is 24.2. The molecule has 1 N–H and O–H groups in total. The van der Waals surface area contributed by atoms with Gasteiger partial charge in [-0.05, 0) is 74.5 Å². The molecule has 0 aliphatic carbocycles. The number of likely N-dealkylation sites (tertiary alicyclic amines) is 1. The lowest BCUT2D eigenvalue weighted by Gasteiger charge is -2.28. The normalized spacial score (nSPS) is 14.8. The predicted octanol–water partition coefficient (Wildman–Crippen LogP) is 4.39. The van der Waals surface area contributed by atoms with Crippen LogP contribution in [0.5, 0.6) is 5.88 Å². The number of anilines is 1. The second-order valence-electron chi connectivity index (χ2n) is 9.25. The maximum atomic E-state index is 12.9. The molecule has 0 atom stereocenters. The van der Waals surface area contributed by atoms with Gasteiger partial charge < -0.3 is 15.0 Å². The number of carbonyl (C=O) groups is 1. The number of carbonyl (C=O) groups excluding carboxylic acids is 1. The van der Waals surface area contributed by atoms with Gasteiger partial charge in [-0.15, -0.1) is 0 Å². The highest BCUT2D eigenvalue weighted by Crippen LogP contribution is 2.25. The minimum atomic E-state index is -0.247. The van der Waals surface area contributed by atoms with Crippen molar-refractivity contribution in [2.24, 2.45) is 13.0 Å². The third-order valence-corrected chi connectivity index (χ3v) is 6.61. The largest absolute Gasteiger partial charge is 0.478 e. The van der Waals surface area contributed by atoms with E-state index in [1.54, 1.807) is 29.2 Å². The van der Waals surface area contributed by atoms with Crippen molar-refractivity contribution in [2.45, 2.75) is 19.3 Å². The summed E-state index contributed by atoms with van der Waals surface area (Å²) in [6.07, 6.45) is 10.6. The summed E-state index contributed by atoms with van der Waals surface area (Å²) in [6, 6.07) is 11.4. The van der Waals surface area contributed by atoms with Crippen molar-refractivity contribution in [3.05, 3.63) is 66.7 Å². The Hall–Kier alpha value is -3.78. The van der Waals surface area contributed by atoms with Gasteiger partial charge in [0.1, 0.15) is 5.82 Å². The van der Waals surface area contributed by atoms with Crippen LogP contribution in [-0.2, 0) is 7.05 Å². The first kappa shape index (κ1) is 23.0. The lowest BCUT2D eigenvalue weighted by atomic mass is 9.94. The van der Waals surface area contributed by atoms with E-state index in [0.29, 0.717) is 29.8 Å². The van der Waals surface area contributed by atoms with Crippen molar-refractivity contribution in [1.29, 1.82) is 0 Å². The lowest BCUT2D eigenvalue weighted by Crippen LogP contribution is -2.30. The van der Waals surface area contributed by atoms with Crippen LogP contribution in [0, 0.1) is 5.92 Å². The SMILES string of the molecule is CN1CCC(CCOc2cc(C(=O)Nc3cc4cc(-c5cnn(C)c5)ccc4cn3)ccn2)CC1. The Morgan fingerprint density at radius 1 is 1.03 bits per heavy atom. The van der Waals surface area contributed by atoms with Crippen LogP contribution in [0.4, 0.5) is 5.82 Å². The molecular formula is C27H30N6O2. The first-order valence-electron chi connectivity index (χ1n) is 12.0. The van der Waals surface area contributed by atoms with Crippen molar-refractivity contribution in [3.63, 3.8) is 0 Å². The van der Waals surface area contributed by atoms with Crippen molar-refractivity contribution < 1.29 is 9.53 Å². The molecule has 4 aromatic rings. The highest BCUT2D eigenvalue weighted by atomic mass is 16.5. The average Bonchev–Trinajstić information content (AvgIpc) is 3.31. The number of nitrogens with one attached hydrogen (secondary N) is 1. The Balaban J connectivity index is 1.23. The van der Waals surface area contributed by atoms with Gasteiger partial charge in [-0.2, -0.15) is 5.10 Å². The first-order chi connectivity index (χ1) is 17.0. The van der Waals surface area contributed by atoms with Crippen LogP contribution >= 0.6 is 0 Å². The number of benzene rings is 1. The van der Waals surface area contributed by atoms with E-state index in [9.17, 15) is 4.79 Å². The van der Waals surface area contributed by atoms with E-state index < -0.39 is 0 Å². The topological polar surface area (TPSA) is 85.2 Å². The monoisotopic (exact) mass is 470 g/mol. The standard InChI is InChI=1S/C27H30N6O2/c1-32-10-6-19(7-11-32)8-12-35-26-15-21(5-9-28-26)27(34)31-25-14-23-13-20(3-4-22(23)16-29-25)24-17-30-33(2)18-24/h3-5,9,13-19H,6-8,10-12H2,1-2H3,(H,29,31,34). The Morgan fingerprint density at radius 3 is 2.69 bits per heavy atom. The van der Waals surface area contributed by atoms with E-state index in [2.05, 4.69) is 38.4 Å². The van der Waals surface area contributed by atoms with Crippen LogP contribution in [0.3, 0.4) is 0 Å². The predicted molar refractivity (Wildman–Crippen MR) is 136 cm³/mol. The fourth-order valence-electron chi connectivity index (χ4n) is 4.46. The van der Waals surface area contributed by atoms with E-state index in [4.69, 9.17) is 4.74 Å². The van der Waals surface area contributed by atoms with Gasteiger partial charge in [0.25, 0.3) is 5.91 Å². The van der Waals surface area contributed by atoms with E-state index in [-0.39, 0.29) is 5.91 Å². The Morgan fingerprint density at radius 2 is 1.89 bits per heavy atom. The van der Waals surface area contributed by atoms with Crippen molar-refractivity contribution in [3.8, 4) is 17.0 Å². The van der Waals surface area contributed by atoms with E-state index in [1.165, 1.54) is 12.8 Å². The fourth-order valence-corrected chi connectivity index (χ4v) is 4.46. The summed E-state index contributed by atoms with van der Waals surface area (Å²) in [6.45, 7) is 2.90. The van der Waals surface area contributed by atoms with Crippen LogP contribution < -0.4 is 10.1 Å². The number of hydrogen-bond donors (Lipinski definition) is 1. The summed E-state index contributed by atoms with van der Waals surface area (Å²) in [4.78, 5) is 23.9. The molecule has 1 aromatic carbocycles. The highest BCUT2D eigenvalue weighted by Gasteiger charge is 2.17. The molecule has 1 fully saturated rings. The van der Waals surface area contributed by atoms with Gasteiger partial charge in [0.15, 0.2) is 0 Å². The van der Waals surface area contributed by atoms with Crippen LogP contribution in [0.1, 0.15) is 29.6 Å². The summed E-state index contributed by atoms with van der Waals surface area (Å²) in [7, 11) is 4.06. The molecule has 8 heteroatoms. The Bertz CT molecular complexity index is 1330. The molecule has 1 amide bonds. The summed E-state index contributed by atoms with van der Waals surface area (Å²) < 4.78 is 7.64. The zero-order valence-electron chi connectivity index (χ0n) is 20.1.